The van der Waals surface area contributed by atoms with Gasteiger partial charge in [0, 0.05) is 23.6 Å². The lowest BCUT2D eigenvalue weighted by atomic mass is 9.92. The molecule has 2 amide bonds. The lowest BCUT2D eigenvalue weighted by Gasteiger charge is -2.24. The molecule has 0 saturated heterocycles. The summed E-state index contributed by atoms with van der Waals surface area (Å²) in [5.74, 6) is 0.430. The van der Waals surface area contributed by atoms with Gasteiger partial charge in [0.05, 0.1) is 11.4 Å². The molecule has 6 heteroatoms. The van der Waals surface area contributed by atoms with Crippen LogP contribution in [0.15, 0.2) is 54.6 Å². The van der Waals surface area contributed by atoms with Gasteiger partial charge in [0.15, 0.2) is 0 Å². The van der Waals surface area contributed by atoms with E-state index < -0.39 is 0 Å². The number of aromatic nitrogens is 2. The van der Waals surface area contributed by atoms with Gasteiger partial charge in [0.2, 0.25) is 5.91 Å². The summed E-state index contributed by atoms with van der Waals surface area (Å²) in [4.78, 5) is 28.1. The number of carbonyl (C=O) groups excluding carboxylic acids is 2. The Bertz CT molecular complexity index is 1170. The smallest absolute Gasteiger partial charge is 0.254 e. The Labute approximate surface area is 209 Å². The van der Waals surface area contributed by atoms with E-state index in [1.54, 1.807) is 9.58 Å². The summed E-state index contributed by atoms with van der Waals surface area (Å²) >= 11 is 0. The number of nitrogens with one attached hydrogen (secondary N) is 1. The zero-order valence-electron chi connectivity index (χ0n) is 22.1. The molecule has 0 unspecified atom stereocenters. The van der Waals surface area contributed by atoms with Crippen molar-refractivity contribution in [3.05, 3.63) is 77.0 Å². The van der Waals surface area contributed by atoms with E-state index >= 15 is 0 Å². The lowest BCUT2D eigenvalue weighted by Crippen LogP contribution is -2.40. The fourth-order valence-corrected chi connectivity index (χ4v) is 3.87. The van der Waals surface area contributed by atoms with Crippen LogP contribution in [0.4, 0.5) is 5.82 Å². The van der Waals surface area contributed by atoms with Gasteiger partial charge in [-0.05, 0) is 54.7 Å². The minimum absolute atomic E-state index is 0.0314. The van der Waals surface area contributed by atoms with Crippen molar-refractivity contribution in [2.24, 2.45) is 5.92 Å². The lowest BCUT2D eigenvalue weighted by molar-refractivity contribution is -0.117. The van der Waals surface area contributed by atoms with Crippen LogP contribution in [0, 0.1) is 12.8 Å². The highest BCUT2D eigenvalue weighted by molar-refractivity contribution is 5.99. The molecule has 0 aliphatic rings. The van der Waals surface area contributed by atoms with Crippen LogP contribution in [0.1, 0.15) is 68.7 Å². The van der Waals surface area contributed by atoms with Crippen molar-refractivity contribution in [1.82, 2.24) is 14.7 Å². The first-order valence-electron chi connectivity index (χ1n) is 12.3. The van der Waals surface area contributed by atoms with E-state index in [4.69, 9.17) is 5.10 Å². The Morgan fingerprint density at radius 1 is 1.06 bits per heavy atom. The molecule has 35 heavy (non-hydrogen) atoms. The van der Waals surface area contributed by atoms with Crippen LogP contribution < -0.4 is 5.32 Å². The number of aryl methyl sites for hydroxylation is 2. The van der Waals surface area contributed by atoms with E-state index in [2.05, 4.69) is 33.0 Å². The first-order valence-corrected chi connectivity index (χ1v) is 12.3. The van der Waals surface area contributed by atoms with Crippen LogP contribution >= 0.6 is 0 Å². The number of benzene rings is 2. The molecule has 0 atom stereocenters. The summed E-state index contributed by atoms with van der Waals surface area (Å²) in [6.45, 7) is 14.9. The quantitative estimate of drug-likeness (QED) is 0.450. The average molecular weight is 475 g/mol. The van der Waals surface area contributed by atoms with Crippen molar-refractivity contribution in [1.29, 1.82) is 0 Å². The number of rotatable bonds is 8. The average Bonchev–Trinajstić information content (AvgIpc) is 3.22. The van der Waals surface area contributed by atoms with Gasteiger partial charge in [0.1, 0.15) is 12.4 Å². The third kappa shape index (κ3) is 6.81. The maximum atomic E-state index is 13.3. The van der Waals surface area contributed by atoms with Crippen molar-refractivity contribution >= 4 is 17.6 Å². The van der Waals surface area contributed by atoms with Gasteiger partial charge in [-0.25, -0.2) is 4.68 Å². The van der Waals surface area contributed by atoms with Crippen LogP contribution in [0.25, 0.3) is 5.69 Å². The highest BCUT2D eigenvalue weighted by Gasteiger charge is 2.24. The molecule has 0 spiro atoms. The Hall–Kier alpha value is -3.41. The molecule has 0 bridgehead atoms. The second-order valence-corrected chi connectivity index (χ2v) is 10.6. The molecule has 0 fully saturated rings. The van der Waals surface area contributed by atoms with Gasteiger partial charge >= 0.3 is 0 Å². The van der Waals surface area contributed by atoms with Crippen LogP contribution in [0.3, 0.4) is 0 Å². The van der Waals surface area contributed by atoms with Gasteiger partial charge in [-0.3, -0.25) is 9.59 Å². The topological polar surface area (TPSA) is 67.2 Å². The normalized spacial score (nSPS) is 11.5. The summed E-state index contributed by atoms with van der Waals surface area (Å²) < 4.78 is 1.77. The molecule has 3 aromatic rings. The third-order valence-corrected chi connectivity index (χ3v) is 5.81. The van der Waals surface area contributed by atoms with Crippen LogP contribution in [0.5, 0.6) is 0 Å². The number of amides is 2. The van der Waals surface area contributed by atoms with Crippen molar-refractivity contribution in [2.45, 2.75) is 60.3 Å². The Balaban J connectivity index is 1.86. The van der Waals surface area contributed by atoms with Crippen molar-refractivity contribution in [3.8, 4) is 5.69 Å². The molecule has 0 aliphatic carbocycles. The minimum Gasteiger partial charge on any atom is -0.329 e. The fourth-order valence-electron chi connectivity index (χ4n) is 3.87. The summed E-state index contributed by atoms with van der Waals surface area (Å²) in [7, 11) is 0. The van der Waals surface area contributed by atoms with Crippen LogP contribution in [0.2, 0.25) is 0 Å². The number of anilines is 1. The Morgan fingerprint density at radius 2 is 1.74 bits per heavy atom. The third-order valence-electron chi connectivity index (χ3n) is 5.81. The van der Waals surface area contributed by atoms with Crippen LogP contribution in [-0.4, -0.2) is 39.6 Å². The van der Waals surface area contributed by atoms with Crippen molar-refractivity contribution in [3.63, 3.8) is 0 Å². The van der Waals surface area contributed by atoms with Gasteiger partial charge in [-0.2, -0.15) is 5.10 Å². The maximum absolute atomic E-state index is 13.3. The van der Waals surface area contributed by atoms with Crippen molar-refractivity contribution in [2.75, 3.05) is 18.4 Å². The van der Waals surface area contributed by atoms with E-state index in [9.17, 15) is 9.59 Å². The fraction of sp³-hybridized carbons (Fsp3) is 0.414. The highest BCUT2D eigenvalue weighted by atomic mass is 16.2. The van der Waals surface area contributed by atoms with Crippen molar-refractivity contribution < 1.29 is 9.59 Å². The molecule has 0 saturated carbocycles. The van der Waals surface area contributed by atoms with Gasteiger partial charge < -0.3 is 10.2 Å². The number of carbonyl (C=O) groups is 2. The molecular formula is C29H38N4O2. The molecule has 186 valence electrons. The van der Waals surface area contributed by atoms with Gasteiger partial charge in [0.25, 0.3) is 5.91 Å². The number of nitrogens with zero attached hydrogens (tertiary/aromatic N) is 3. The van der Waals surface area contributed by atoms with Crippen LogP contribution in [-0.2, 0) is 16.6 Å². The Kier molecular flexibility index (Phi) is 8.15. The molecule has 1 heterocycles. The van der Waals surface area contributed by atoms with E-state index in [0.717, 1.165) is 23.4 Å². The van der Waals surface area contributed by atoms with E-state index in [1.807, 2.05) is 75.4 Å². The zero-order valence-corrected chi connectivity index (χ0v) is 22.1. The molecule has 3 rings (SSSR count). The molecule has 2 aromatic carbocycles. The second-order valence-electron chi connectivity index (χ2n) is 10.6. The first-order chi connectivity index (χ1) is 16.5. The zero-order chi connectivity index (χ0) is 25.8. The first kappa shape index (κ1) is 26.2. The standard InChI is InChI=1S/C29H38N4O2/c1-8-22-12-14-23(15-13-22)28(35)32(18-20(2)3)19-27(34)30-26-17-25(29(5,6)7)31-33(26)24-11-9-10-21(4)16-24/h9-17,20H,8,18-19H2,1-7H3,(H,30,34). The maximum Gasteiger partial charge on any atom is 0.254 e. The van der Waals surface area contributed by atoms with Gasteiger partial charge in [-0.1, -0.05) is 65.8 Å². The highest BCUT2D eigenvalue weighted by Crippen LogP contribution is 2.26. The molecule has 0 radical (unpaired) electrons. The molecular weight excluding hydrogens is 436 g/mol. The van der Waals surface area contributed by atoms with E-state index in [1.165, 1.54) is 5.56 Å². The summed E-state index contributed by atoms with van der Waals surface area (Å²) in [6, 6.07) is 17.5. The predicted octanol–water partition coefficient (Wildman–Crippen LogP) is 5.78. The monoisotopic (exact) mass is 474 g/mol. The SMILES string of the molecule is CCc1ccc(C(=O)N(CC(=O)Nc2cc(C(C)(C)C)nn2-c2cccc(C)c2)CC(C)C)cc1. The largest absolute Gasteiger partial charge is 0.329 e. The molecule has 1 aromatic heterocycles. The van der Waals surface area contributed by atoms with Gasteiger partial charge in [-0.15, -0.1) is 0 Å². The molecule has 0 aliphatic heterocycles. The molecule has 6 nitrogen and oxygen atoms in total. The summed E-state index contributed by atoms with van der Waals surface area (Å²) in [5, 5.41) is 7.81. The second kappa shape index (κ2) is 10.9. The van der Waals surface area contributed by atoms with E-state index in [-0.39, 0.29) is 29.7 Å². The number of hydrogen-bond acceptors (Lipinski definition) is 3. The Morgan fingerprint density at radius 3 is 2.31 bits per heavy atom. The number of hydrogen-bond donors (Lipinski definition) is 1. The predicted molar refractivity (Wildman–Crippen MR) is 142 cm³/mol. The summed E-state index contributed by atoms with van der Waals surface area (Å²) in [6.07, 6.45) is 0.914. The minimum atomic E-state index is -0.251. The van der Waals surface area contributed by atoms with E-state index in [0.29, 0.717) is 17.9 Å². The molecule has 1 N–H and O–H groups in total. The summed E-state index contributed by atoms with van der Waals surface area (Å²) in [5.41, 5.74) is 4.45.